The second-order valence-electron chi connectivity index (χ2n) is 8.07. The monoisotopic (exact) mass is 479 g/mol. The summed E-state index contributed by atoms with van der Waals surface area (Å²) in [6.45, 7) is 3.06. The first-order valence-corrected chi connectivity index (χ1v) is 11.9. The number of nitrogens with zero attached hydrogens (tertiary/aromatic N) is 2. The van der Waals surface area contributed by atoms with Crippen LogP contribution in [0.5, 0.6) is 5.75 Å². The number of anilines is 1. The fourth-order valence-corrected chi connectivity index (χ4v) is 5.18. The fourth-order valence-electron chi connectivity index (χ4n) is 3.95. The van der Waals surface area contributed by atoms with Crippen molar-refractivity contribution < 1.29 is 19.2 Å². The summed E-state index contributed by atoms with van der Waals surface area (Å²) in [6.07, 6.45) is 3.07. The lowest BCUT2D eigenvalue weighted by Gasteiger charge is -2.27. The molecule has 2 heterocycles. The van der Waals surface area contributed by atoms with Gasteiger partial charge in [0.05, 0.1) is 10.5 Å². The highest BCUT2D eigenvalue weighted by Gasteiger charge is 2.27. The van der Waals surface area contributed by atoms with Crippen LogP contribution in [-0.2, 0) is 4.79 Å². The van der Waals surface area contributed by atoms with E-state index in [1.54, 1.807) is 0 Å². The molecule has 1 aliphatic rings. The molecule has 2 amide bonds. The molecule has 3 aromatic rings. The van der Waals surface area contributed by atoms with Gasteiger partial charge in [0.15, 0.2) is 6.61 Å². The quantitative estimate of drug-likeness (QED) is 0.367. The molecular formula is C25H25N3O5S. The summed E-state index contributed by atoms with van der Waals surface area (Å²) in [5.74, 6) is -0.133. The molecule has 176 valence electrons. The summed E-state index contributed by atoms with van der Waals surface area (Å²) in [6, 6.07) is 15.3. The second kappa shape index (κ2) is 10.5. The first kappa shape index (κ1) is 23.4. The maximum atomic E-state index is 13.4. The highest BCUT2D eigenvalue weighted by Crippen LogP contribution is 2.40. The number of hydrogen-bond donors (Lipinski definition) is 1. The van der Waals surface area contributed by atoms with Gasteiger partial charge in [-0.05, 0) is 49.4 Å². The minimum atomic E-state index is -0.499. The van der Waals surface area contributed by atoms with Gasteiger partial charge in [-0.15, -0.1) is 11.3 Å². The van der Waals surface area contributed by atoms with E-state index >= 15 is 0 Å². The molecule has 0 atom stereocenters. The Balaban J connectivity index is 1.54. The van der Waals surface area contributed by atoms with Crippen molar-refractivity contribution in [3.8, 4) is 16.2 Å². The van der Waals surface area contributed by atoms with Gasteiger partial charge in [0.25, 0.3) is 17.5 Å². The summed E-state index contributed by atoms with van der Waals surface area (Å²) in [4.78, 5) is 39.2. The molecule has 34 heavy (non-hydrogen) atoms. The van der Waals surface area contributed by atoms with Gasteiger partial charge in [0.2, 0.25) is 0 Å². The molecule has 8 nitrogen and oxygen atoms in total. The third kappa shape index (κ3) is 5.26. The Labute approximate surface area is 201 Å². The predicted octanol–water partition coefficient (Wildman–Crippen LogP) is 5.28. The number of benzene rings is 2. The summed E-state index contributed by atoms with van der Waals surface area (Å²) in [5, 5.41) is 14.1. The van der Waals surface area contributed by atoms with E-state index in [2.05, 4.69) is 5.32 Å². The second-order valence-corrected chi connectivity index (χ2v) is 9.09. The number of hydrogen-bond acceptors (Lipinski definition) is 6. The van der Waals surface area contributed by atoms with Crippen LogP contribution in [0.3, 0.4) is 0 Å². The molecule has 0 bridgehead atoms. The van der Waals surface area contributed by atoms with Crippen molar-refractivity contribution in [2.45, 2.75) is 26.2 Å². The molecule has 1 N–H and O–H groups in total. The highest BCUT2D eigenvalue weighted by molar-refractivity contribution is 7.20. The van der Waals surface area contributed by atoms with Gasteiger partial charge in [0.1, 0.15) is 10.8 Å². The van der Waals surface area contributed by atoms with Gasteiger partial charge in [-0.3, -0.25) is 19.7 Å². The smallest absolute Gasteiger partial charge is 0.269 e. The lowest BCUT2D eigenvalue weighted by Crippen LogP contribution is -2.36. The SMILES string of the molecule is Cc1c(-c2ccccc2)sc(NC(=O)COc2ccc([N+](=O)[O-])cc2)c1C(=O)N1CCCCC1. The van der Waals surface area contributed by atoms with E-state index in [1.165, 1.54) is 35.6 Å². The Bertz CT molecular complexity index is 1190. The van der Waals surface area contributed by atoms with Crippen LogP contribution in [-0.4, -0.2) is 41.3 Å². The number of nitrogens with one attached hydrogen (secondary N) is 1. The van der Waals surface area contributed by atoms with Gasteiger partial charge in [-0.1, -0.05) is 30.3 Å². The van der Waals surface area contributed by atoms with Crippen molar-refractivity contribution in [1.82, 2.24) is 4.90 Å². The molecule has 2 aromatic carbocycles. The maximum absolute atomic E-state index is 13.4. The van der Waals surface area contributed by atoms with E-state index in [0.29, 0.717) is 29.4 Å². The van der Waals surface area contributed by atoms with Crippen LogP contribution in [0.15, 0.2) is 54.6 Å². The minimum absolute atomic E-state index is 0.0554. The van der Waals surface area contributed by atoms with Crippen LogP contribution in [0, 0.1) is 17.0 Å². The molecule has 0 spiro atoms. The first-order chi connectivity index (χ1) is 16.4. The summed E-state index contributed by atoms with van der Waals surface area (Å²) >= 11 is 1.38. The van der Waals surface area contributed by atoms with Gasteiger partial charge >= 0.3 is 0 Å². The van der Waals surface area contributed by atoms with Crippen molar-refractivity contribution in [2.24, 2.45) is 0 Å². The van der Waals surface area contributed by atoms with Crippen LogP contribution >= 0.6 is 11.3 Å². The highest BCUT2D eigenvalue weighted by atomic mass is 32.1. The standard InChI is InChI=1S/C25H25N3O5S/c1-17-22(25(30)27-14-6-3-7-15-27)24(34-23(17)18-8-4-2-5-9-18)26-21(29)16-33-20-12-10-19(11-13-20)28(31)32/h2,4-5,8-13H,3,6-7,14-16H2,1H3,(H,26,29). The first-order valence-electron chi connectivity index (χ1n) is 11.1. The molecule has 1 aliphatic heterocycles. The van der Waals surface area contributed by atoms with Gasteiger partial charge in [-0.25, -0.2) is 0 Å². The topological polar surface area (TPSA) is 102 Å². The fraction of sp³-hybridized carbons (Fsp3) is 0.280. The van der Waals surface area contributed by atoms with Gasteiger partial charge < -0.3 is 15.0 Å². The number of carbonyl (C=O) groups is 2. The van der Waals surface area contributed by atoms with Crippen molar-refractivity contribution in [2.75, 3.05) is 25.0 Å². The van der Waals surface area contributed by atoms with Crippen molar-refractivity contribution in [3.63, 3.8) is 0 Å². The molecule has 1 aromatic heterocycles. The van der Waals surface area contributed by atoms with Gasteiger partial charge in [0, 0.05) is 30.1 Å². The van der Waals surface area contributed by atoms with Crippen LogP contribution in [0.2, 0.25) is 0 Å². The Hall–Kier alpha value is -3.72. The molecule has 4 rings (SSSR count). The number of nitro groups is 1. The Morgan fingerprint density at radius 2 is 1.74 bits per heavy atom. The summed E-state index contributed by atoms with van der Waals surface area (Å²) < 4.78 is 5.49. The third-order valence-corrected chi connectivity index (χ3v) is 6.97. The Kier molecular flexibility index (Phi) is 7.22. The van der Waals surface area contributed by atoms with E-state index in [1.807, 2.05) is 42.2 Å². The van der Waals surface area contributed by atoms with Crippen LogP contribution < -0.4 is 10.1 Å². The van der Waals surface area contributed by atoms with Crippen LogP contribution in [0.25, 0.3) is 10.4 Å². The predicted molar refractivity (Wildman–Crippen MR) is 131 cm³/mol. The third-order valence-electron chi connectivity index (χ3n) is 5.71. The number of carbonyl (C=O) groups excluding carboxylic acids is 2. The zero-order chi connectivity index (χ0) is 24.1. The number of nitro benzene ring substituents is 1. The molecule has 1 fully saturated rings. The molecular weight excluding hydrogens is 454 g/mol. The molecule has 0 saturated carbocycles. The minimum Gasteiger partial charge on any atom is -0.484 e. The average molecular weight is 480 g/mol. The normalized spacial score (nSPS) is 13.4. The van der Waals surface area contributed by atoms with E-state index in [-0.39, 0.29) is 18.2 Å². The van der Waals surface area contributed by atoms with E-state index in [4.69, 9.17) is 4.74 Å². The number of rotatable bonds is 7. The lowest BCUT2D eigenvalue weighted by molar-refractivity contribution is -0.384. The number of thiophene rings is 1. The maximum Gasteiger partial charge on any atom is 0.269 e. The van der Waals surface area contributed by atoms with E-state index in [9.17, 15) is 19.7 Å². The number of ether oxygens (including phenoxy) is 1. The Morgan fingerprint density at radius 1 is 1.06 bits per heavy atom. The van der Waals surface area contributed by atoms with E-state index in [0.717, 1.165) is 35.3 Å². The van der Waals surface area contributed by atoms with Crippen molar-refractivity contribution in [1.29, 1.82) is 0 Å². The average Bonchev–Trinajstić information content (AvgIpc) is 3.19. The van der Waals surface area contributed by atoms with Crippen molar-refractivity contribution in [3.05, 3.63) is 75.8 Å². The van der Waals surface area contributed by atoms with Gasteiger partial charge in [-0.2, -0.15) is 0 Å². The molecule has 0 unspecified atom stereocenters. The number of likely N-dealkylation sites (tertiary alicyclic amines) is 1. The molecule has 9 heteroatoms. The molecule has 0 radical (unpaired) electrons. The van der Waals surface area contributed by atoms with E-state index < -0.39 is 10.8 Å². The summed E-state index contributed by atoms with van der Waals surface area (Å²) in [5.41, 5.74) is 2.30. The number of piperidine rings is 1. The zero-order valence-corrected chi connectivity index (χ0v) is 19.6. The van der Waals surface area contributed by atoms with Crippen LogP contribution in [0.1, 0.15) is 35.2 Å². The largest absolute Gasteiger partial charge is 0.484 e. The van der Waals surface area contributed by atoms with Crippen molar-refractivity contribution >= 4 is 33.8 Å². The zero-order valence-electron chi connectivity index (χ0n) is 18.8. The molecule has 1 saturated heterocycles. The molecule has 0 aliphatic carbocycles. The number of non-ortho nitro benzene ring substituents is 1. The summed E-state index contributed by atoms with van der Waals surface area (Å²) in [7, 11) is 0. The number of amides is 2. The Morgan fingerprint density at radius 3 is 2.38 bits per heavy atom. The van der Waals surface area contributed by atoms with Crippen LogP contribution in [0.4, 0.5) is 10.7 Å². The lowest BCUT2D eigenvalue weighted by atomic mass is 10.0.